The SMILES string of the molecule is Cc1c(C(=O)N(C)C(C)c2ccc(F)cc2)nnn1-c1cccc([N+](=O)[O-])c1. The smallest absolute Gasteiger partial charge is 0.276 e. The molecule has 3 rings (SSSR count). The average molecular weight is 383 g/mol. The Kier molecular flexibility index (Phi) is 5.16. The van der Waals surface area contributed by atoms with Gasteiger partial charge in [-0.3, -0.25) is 14.9 Å². The van der Waals surface area contributed by atoms with E-state index in [1.165, 1.54) is 33.8 Å². The highest BCUT2D eigenvalue weighted by Crippen LogP contribution is 2.23. The molecule has 1 aromatic heterocycles. The van der Waals surface area contributed by atoms with E-state index < -0.39 is 4.92 Å². The summed E-state index contributed by atoms with van der Waals surface area (Å²) < 4.78 is 14.5. The van der Waals surface area contributed by atoms with Gasteiger partial charge in [-0.1, -0.05) is 23.4 Å². The summed E-state index contributed by atoms with van der Waals surface area (Å²) >= 11 is 0. The maximum Gasteiger partial charge on any atom is 0.276 e. The average Bonchev–Trinajstić information content (AvgIpc) is 3.08. The lowest BCUT2D eigenvalue weighted by atomic mass is 10.1. The highest BCUT2D eigenvalue weighted by Gasteiger charge is 2.25. The van der Waals surface area contributed by atoms with Crippen LogP contribution in [0.5, 0.6) is 0 Å². The fraction of sp³-hybridized carbons (Fsp3) is 0.211. The van der Waals surface area contributed by atoms with Crippen molar-refractivity contribution in [1.82, 2.24) is 19.9 Å². The molecule has 0 aliphatic heterocycles. The molecule has 1 amide bonds. The van der Waals surface area contributed by atoms with Crippen molar-refractivity contribution in [2.24, 2.45) is 0 Å². The van der Waals surface area contributed by atoms with Crippen molar-refractivity contribution in [3.05, 3.63) is 81.4 Å². The van der Waals surface area contributed by atoms with Crippen molar-refractivity contribution >= 4 is 11.6 Å². The minimum Gasteiger partial charge on any atom is -0.333 e. The highest BCUT2D eigenvalue weighted by atomic mass is 19.1. The fourth-order valence-corrected chi connectivity index (χ4v) is 2.82. The quantitative estimate of drug-likeness (QED) is 0.497. The van der Waals surface area contributed by atoms with Gasteiger partial charge in [0.1, 0.15) is 5.82 Å². The minimum atomic E-state index is -0.500. The molecule has 0 fully saturated rings. The van der Waals surface area contributed by atoms with Crippen LogP contribution < -0.4 is 0 Å². The summed E-state index contributed by atoms with van der Waals surface area (Å²) in [6, 6.07) is 11.5. The van der Waals surface area contributed by atoms with Crippen molar-refractivity contribution < 1.29 is 14.1 Å². The first-order valence-corrected chi connectivity index (χ1v) is 8.49. The third kappa shape index (κ3) is 3.59. The number of rotatable bonds is 5. The number of hydrogen-bond donors (Lipinski definition) is 0. The number of hydrogen-bond acceptors (Lipinski definition) is 5. The molecule has 0 bridgehead atoms. The number of amides is 1. The first-order chi connectivity index (χ1) is 13.3. The molecule has 3 aromatic rings. The summed E-state index contributed by atoms with van der Waals surface area (Å²) in [6.45, 7) is 3.49. The maximum absolute atomic E-state index is 13.1. The molecule has 0 radical (unpaired) electrons. The molecule has 0 saturated carbocycles. The van der Waals surface area contributed by atoms with Gasteiger partial charge in [-0.25, -0.2) is 9.07 Å². The van der Waals surface area contributed by atoms with Crippen molar-refractivity contribution in [3.63, 3.8) is 0 Å². The molecule has 0 saturated heterocycles. The van der Waals surface area contributed by atoms with Crippen LogP contribution in [-0.4, -0.2) is 37.8 Å². The molecule has 1 atom stereocenters. The predicted octanol–water partition coefficient (Wildman–Crippen LogP) is 3.46. The zero-order chi connectivity index (χ0) is 20.4. The lowest BCUT2D eigenvalue weighted by Crippen LogP contribution is -2.30. The lowest BCUT2D eigenvalue weighted by molar-refractivity contribution is -0.384. The van der Waals surface area contributed by atoms with Gasteiger partial charge in [0.05, 0.1) is 22.3 Å². The van der Waals surface area contributed by atoms with E-state index in [4.69, 9.17) is 0 Å². The Morgan fingerprint density at radius 1 is 1.25 bits per heavy atom. The molecule has 0 aliphatic rings. The highest BCUT2D eigenvalue weighted by molar-refractivity contribution is 5.93. The van der Waals surface area contributed by atoms with Gasteiger partial charge < -0.3 is 4.90 Å². The van der Waals surface area contributed by atoms with E-state index in [1.807, 2.05) is 6.92 Å². The molecule has 8 nitrogen and oxygen atoms in total. The zero-order valence-electron chi connectivity index (χ0n) is 15.5. The first kappa shape index (κ1) is 19.2. The van der Waals surface area contributed by atoms with Gasteiger partial charge in [-0.2, -0.15) is 0 Å². The van der Waals surface area contributed by atoms with Gasteiger partial charge in [-0.15, -0.1) is 5.10 Å². The topological polar surface area (TPSA) is 94.2 Å². The van der Waals surface area contributed by atoms with Crippen LogP contribution in [0.25, 0.3) is 5.69 Å². The molecule has 144 valence electrons. The van der Waals surface area contributed by atoms with Crippen LogP contribution in [0.15, 0.2) is 48.5 Å². The number of nitro groups is 1. The predicted molar refractivity (Wildman–Crippen MR) is 99.7 cm³/mol. The van der Waals surface area contributed by atoms with Gasteiger partial charge in [0.2, 0.25) is 0 Å². The second-order valence-electron chi connectivity index (χ2n) is 6.36. The van der Waals surface area contributed by atoms with Crippen LogP contribution in [0.3, 0.4) is 0 Å². The van der Waals surface area contributed by atoms with E-state index in [0.717, 1.165) is 5.56 Å². The van der Waals surface area contributed by atoms with Crippen molar-refractivity contribution in [1.29, 1.82) is 0 Å². The Balaban J connectivity index is 1.88. The molecular weight excluding hydrogens is 365 g/mol. The summed E-state index contributed by atoms with van der Waals surface area (Å²) in [5, 5.41) is 18.9. The van der Waals surface area contributed by atoms with Crippen LogP contribution in [0.4, 0.5) is 10.1 Å². The summed E-state index contributed by atoms with van der Waals surface area (Å²) in [4.78, 5) is 24.9. The largest absolute Gasteiger partial charge is 0.333 e. The molecule has 1 unspecified atom stereocenters. The molecule has 0 spiro atoms. The molecule has 9 heteroatoms. The summed E-state index contributed by atoms with van der Waals surface area (Å²) in [7, 11) is 1.63. The molecule has 0 aliphatic carbocycles. The second kappa shape index (κ2) is 7.55. The Labute approximate surface area is 160 Å². The Morgan fingerprint density at radius 2 is 1.93 bits per heavy atom. The first-order valence-electron chi connectivity index (χ1n) is 8.49. The van der Waals surface area contributed by atoms with Crippen molar-refractivity contribution in [2.75, 3.05) is 7.05 Å². The number of non-ortho nitro benzene ring substituents is 1. The number of carbonyl (C=O) groups excluding carboxylic acids is 1. The van der Waals surface area contributed by atoms with Crippen molar-refractivity contribution in [2.45, 2.75) is 19.9 Å². The van der Waals surface area contributed by atoms with Crippen molar-refractivity contribution in [3.8, 4) is 5.69 Å². The zero-order valence-corrected chi connectivity index (χ0v) is 15.5. The van der Waals surface area contributed by atoms with Crippen LogP contribution in [0.2, 0.25) is 0 Å². The van der Waals surface area contributed by atoms with E-state index in [9.17, 15) is 19.3 Å². The Bertz CT molecular complexity index is 1030. The lowest BCUT2D eigenvalue weighted by Gasteiger charge is -2.24. The van der Waals surface area contributed by atoms with E-state index in [1.54, 1.807) is 38.2 Å². The minimum absolute atomic E-state index is 0.0812. The molecular formula is C19H18FN5O3. The second-order valence-corrected chi connectivity index (χ2v) is 6.36. The van der Waals surface area contributed by atoms with E-state index in [2.05, 4.69) is 10.3 Å². The van der Waals surface area contributed by atoms with Crippen LogP contribution in [0.1, 0.15) is 34.7 Å². The number of carbonyl (C=O) groups is 1. The number of halogens is 1. The van der Waals surface area contributed by atoms with Gasteiger partial charge >= 0.3 is 0 Å². The van der Waals surface area contributed by atoms with Crippen LogP contribution in [-0.2, 0) is 0 Å². The molecule has 28 heavy (non-hydrogen) atoms. The number of nitro benzene ring substituents is 1. The van der Waals surface area contributed by atoms with Gasteiger partial charge in [0, 0.05) is 19.2 Å². The Morgan fingerprint density at radius 3 is 2.57 bits per heavy atom. The number of nitrogens with zero attached hydrogens (tertiary/aromatic N) is 5. The van der Waals surface area contributed by atoms with Gasteiger partial charge in [-0.05, 0) is 37.6 Å². The van der Waals surface area contributed by atoms with E-state index in [-0.39, 0.29) is 29.1 Å². The maximum atomic E-state index is 13.1. The summed E-state index contributed by atoms with van der Waals surface area (Å²) in [5.41, 5.74) is 1.74. The van der Waals surface area contributed by atoms with Crippen LogP contribution in [0, 0.1) is 22.9 Å². The molecule has 2 aromatic carbocycles. The number of aromatic nitrogens is 3. The standard InChI is InChI=1S/C19H18FN5O3/c1-12(14-7-9-15(20)10-8-14)23(3)19(26)18-13(2)24(22-21-18)16-5-4-6-17(11-16)25(27)28/h4-12H,1-3H3. The van der Waals surface area contributed by atoms with E-state index >= 15 is 0 Å². The molecule has 0 N–H and O–H groups in total. The van der Waals surface area contributed by atoms with Gasteiger partial charge in [0.25, 0.3) is 11.6 Å². The fourth-order valence-electron chi connectivity index (χ4n) is 2.82. The third-order valence-corrected chi connectivity index (χ3v) is 4.64. The third-order valence-electron chi connectivity index (χ3n) is 4.64. The number of benzene rings is 2. The van der Waals surface area contributed by atoms with Crippen LogP contribution >= 0.6 is 0 Å². The van der Waals surface area contributed by atoms with Gasteiger partial charge in [0.15, 0.2) is 5.69 Å². The van der Waals surface area contributed by atoms with E-state index in [0.29, 0.717) is 11.4 Å². The Hall–Kier alpha value is -3.62. The normalized spacial score (nSPS) is 11.9. The monoisotopic (exact) mass is 383 g/mol. The summed E-state index contributed by atoms with van der Waals surface area (Å²) in [6.07, 6.45) is 0. The summed E-state index contributed by atoms with van der Waals surface area (Å²) in [5.74, 6) is -0.702. The molecule has 1 heterocycles.